The minimum absolute atomic E-state index is 0.0546. The summed E-state index contributed by atoms with van der Waals surface area (Å²) in [6.07, 6.45) is -2.97. The summed E-state index contributed by atoms with van der Waals surface area (Å²) in [5.74, 6) is -0.696. The first kappa shape index (κ1) is 30.6. The molecule has 0 atom stereocenters. The van der Waals surface area contributed by atoms with E-state index in [1.54, 1.807) is 18.2 Å². The molecule has 0 bridgehead atoms. The van der Waals surface area contributed by atoms with Gasteiger partial charge in [0.1, 0.15) is 12.2 Å². The largest absolute Gasteiger partial charge is 0.408 e. The minimum Gasteiger partial charge on any atom is -0.266 e. The van der Waals surface area contributed by atoms with E-state index in [0.29, 0.717) is 34.6 Å². The second kappa shape index (κ2) is 12.8. The van der Waals surface area contributed by atoms with E-state index in [-0.39, 0.29) is 16.9 Å². The molecule has 228 valence electrons. The molecule has 2 aromatic heterocycles. The maximum Gasteiger partial charge on any atom is 0.408 e. The topological polar surface area (TPSA) is 136 Å². The molecule has 1 amide bonds. The second-order valence-electron chi connectivity index (χ2n) is 10.1. The van der Waals surface area contributed by atoms with Crippen LogP contribution in [-0.2, 0) is 29.4 Å². The molecular formula is C30H28F3N7O3S. The number of benzene rings is 3. The molecule has 10 nitrogen and oxygen atoms in total. The average molecular weight is 624 g/mol. The van der Waals surface area contributed by atoms with E-state index >= 15 is 0 Å². The Morgan fingerprint density at radius 3 is 2.27 bits per heavy atom. The Labute approximate surface area is 251 Å². The number of carbonyl (C=O) groups excluding carboxylic acids is 1. The van der Waals surface area contributed by atoms with Crippen LogP contribution in [0, 0.1) is 0 Å². The smallest absolute Gasteiger partial charge is 0.266 e. The van der Waals surface area contributed by atoms with Gasteiger partial charge in [0.05, 0.1) is 10.6 Å². The Balaban J connectivity index is 1.53. The standard InChI is InChI=1S/C30H28F3N7O3S/c1-2-3-13-26-25(18-20-14-16-21(17-15-20)23-11-7-8-12-24(23)28-34-38-39-35-28)27(40(36-26)19-30(31,32)33)29(41)37-44(42,43)22-9-5-4-6-10-22/h4-12,14-17H,2-3,13,18-19H2,1H3,(H,37,41)(H,34,35,38,39). The second-order valence-corrected chi connectivity index (χ2v) is 11.7. The van der Waals surface area contributed by atoms with Crippen LogP contribution in [-0.4, -0.2) is 50.9 Å². The molecule has 0 fully saturated rings. The molecule has 44 heavy (non-hydrogen) atoms. The van der Waals surface area contributed by atoms with Crippen LogP contribution in [0.2, 0.25) is 0 Å². The average Bonchev–Trinajstić information content (AvgIpc) is 3.64. The van der Waals surface area contributed by atoms with Crippen molar-refractivity contribution in [1.29, 1.82) is 0 Å². The lowest BCUT2D eigenvalue weighted by Crippen LogP contribution is -2.34. The molecule has 2 heterocycles. The number of nitrogens with one attached hydrogen (secondary N) is 2. The van der Waals surface area contributed by atoms with Gasteiger partial charge in [0.15, 0.2) is 5.82 Å². The van der Waals surface area contributed by atoms with Gasteiger partial charge in [-0.3, -0.25) is 9.48 Å². The molecule has 0 spiro atoms. The summed E-state index contributed by atoms with van der Waals surface area (Å²) in [4.78, 5) is 13.3. The predicted octanol–water partition coefficient (Wildman–Crippen LogP) is 5.34. The summed E-state index contributed by atoms with van der Waals surface area (Å²) in [6, 6.07) is 22.0. The summed E-state index contributed by atoms with van der Waals surface area (Å²) >= 11 is 0. The fraction of sp³-hybridized carbons (Fsp3) is 0.233. The summed E-state index contributed by atoms with van der Waals surface area (Å²) in [7, 11) is -4.36. The van der Waals surface area contributed by atoms with Crippen LogP contribution < -0.4 is 4.72 Å². The number of aromatic nitrogens is 6. The summed E-state index contributed by atoms with van der Waals surface area (Å²) in [5, 5.41) is 18.2. The number of sulfonamides is 1. The zero-order valence-electron chi connectivity index (χ0n) is 23.5. The lowest BCUT2D eigenvalue weighted by molar-refractivity contribution is -0.142. The molecule has 0 unspecified atom stereocenters. The number of alkyl halides is 3. The zero-order valence-corrected chi connectivity index (χ0v) is 24.4. The highest BCUT2D eigenvalue weighted by Gasteiger charge is 2.34. The van der Waals surface area contributed by atoms with Crippen molar-refractivity contribution < 1.29 is 26.4 Å². The molecule has 0 aliphatic heterocycles. The predicted molar refractivity (Wildman–Crippen MR) is 156 cm³/mol. The van der Waals surface area contributed by atoms with Gasteiger partial charge in [-0.15, -0.1) is 5.10 Å². The number of aromatic amines is 1. The molecule has 5 aromatic rings. The third-order valence-corrected chi connectivity index (χ3v) is 8.25. The van der Waals surface area contributed by atoms with Crippen molar-refractivity contribution in [2.45, 2.75) is 50.2 Å². The van der Waals surface area contributed by atoms with E-state index in [0.717, 1.165) is 23.1 Å². The number of aryl methyl sites for hydroxylation is 1. The van der Waals surface area contributed by atoms with Crippen molar-refractivity contribution in [3.05, 3.63) is 101 Å². The quantitative estimate of drug-likeness (QED) is 0.203. The van der Waals surface area contributed by atoms with Crippen LogP contribution in [0.4, 0.5) is 13.2 Å². The number of H-pyrrole nitrogens is 1. The van der Waals surface area contributed by atoms with E-state index in [1.165, 1.54) is 24.3 Å². The van der Waals surface area contributed by atoms with E-state index in [2.05, 4.69) is 25.7 Å². The molecule has 0 aliphatic rings. The van der Waals surface area contributed by atoms with Gasteiger partial charge in [-0.05, 0) is 52.1 Å². The van der Waals surface area contributed by atoms with Crippen molar-refractivity contribution in [3.63, 3.8) is 0 Å². The SMILES string of the molecule is CCCCc1nn(CC(F)(F)F)c(C(=O)NS(=O)(=O)c2ccccc2)c1Cc1ccc(-c2ccccc2-c2nnn[nH]2)cc1. The molecular weight excluding hydrogens is 595 g/mol. The van der Waals surface area contributed by atoms with Gasteiger partial charge in [-0.25, -0.2) is 18.2 Å². The van der Waals surface area contributed by atoms with E-state index in [9.17, 15) is 26.4 Å². The molecule has 2 N–H and O–H groups in total. The number of carbonyl (C=O) groups is 1. The Bertz CT molecular complexity index is 1840. The van der Waals surface area contributed by atoms with Gasteiger partial charge in [-0.2, -0.15) is 18.3 Å². The summed E-state index contributed by atoms with van der Waals surface area (Å²) in [5.41, 5.74) is 3.27. The summed E-state index contributed by atoms with van der Waals surface area (Å²) in [6.45, 7) is 0.379. The van der Waals surface area contributed by atoms with Crippen molar-refractivity contribution >= 4 is 15.9 Å². The maximum atomic E-state index is 13.6. The third kappa shape index (κ3) is 7.02. The normalized spacial score (nSPS) is 11.9. The van der Waals surface area contributed by atoms with Crippen LogP contribution in [0.3, 0.4) is 0 Å². The number of halogens is 3. The number of tetrazole rings is 1. The number of nitrogens with zero attached hydrogens (tertiary/aromatic N) is 5. The lowest BCUT2D eigenvalue weighted by atomic mass is 9.95. The van der Waals surface area contributed by atoms with Crippen LogP contribution in [0.5, 0.6) is 0 Å². The lowest BCUT2D eigenvalue weighted by Gasteiger charge is -2.13. The van der Waals surface area contributed by atoms with Crippen LogP contribution >= 0.6 is 0 Å². The Morgan fingerprint density at radius 1 is 0.955 bits per heavy atom. The van der Waals surface area contributed by atoms with Gasteiger partial charge in [-0.1, -0.05) is 80.1 Å². The van der Waals surface area contributed by atoms with Crippen molar-refractivity contribution in [1.82, 2.24) is 35.1 Å². The summed E-state index contributed by atoms with van der Waals surface area (Å²) < 4.78 is 69.3. The first-order chi connectivity index (χ1) is 21.1. The first-order valence-electron chi connectivity index (χ1n) is 13.8. The molecule has 0 aliphatic carbocycles. The highest BCUT2D eigenvalue weighted by molar-refractivity contribution is 7.90. The molecule has 3 aromatic carbocycles. The van der Waals surface area contributed by atoms with Crippen LogP contribution in [0.15, 0.2) is 83.8 Å². The van der Waals surface area contributed by atoms with Crippen molar-refractivity contribution in [2.75, 3.05) is 0 Å². The molecule has 14 heteroatoms. The van der Waals surface area contributed by atoms with E-state index in [4.69, 9.17) is 0 Å². The van der Waals surface area contributed by atoms with Crippen LogP contribution in [0.25, 0.3) is 22.5 Å². The number of unbranched alkanes of at least 4 members (excludes halogenated alkanes) is 1. The van der Waals surface area contributed by atoms with Crippen LogP contribution in [0.1, 0.15) is 47.1 Å². The highest BCUT2D eigenvalue weighted by atomic mass is 32.2. The van der Waals surface area contributed by atoms with Gasteiger partial charge in [0, 0.05) is 17.5 Å². The molecule has 0 saturated heterocycles. The number of rotatable bonds is 11. The van der Waals surface area contributed by atoms with Crippen molar-refractivity contribution in [3.8, 4) is 22.5 Å². The Hall–Kier alpha value is -4.85. The maximum absolute atomic E-state index is 13.6. The van der Waals surface area contributed by atoms with Crippen molar-refractivity contribution in [2.24, 2.45) is 0 Å². The fourth-order valence-electron chi connectivity index (χ4n) is 4.87. The number of hydrogen-bond acceptors (Lipinski definition) is 7. The molecule has 5 rings (SSSR count). The minimum atomic E-state index is -4.70. The van der Waals surface area contributed by atoms with Gasteiger partial charge >= 0.3 is 6.18 Å². The highest BCUT2D eigenvalue weighted by Crippen LogP contribution is 2.31. The number of amides is 1. The van der Waals surface area contributed by atoms with Gasteiger partial charge < -0.3 is 0 Å². The van der Waals surface area contributed by atoms with E-state index < -0.39 is 34.3 Å². The third-order valence-electron chi connectivity index (χ3n) is 6.90. The number of hydrogen-bond donors (Lipinski definition) is 2. The Morgan fingerprint density at radius 2 is 1.64 bits per heavy atom. The Kier molecular flexibility index (Phi) is 8.90. The molecule has 0 saturated carbocycles. The van der Waals surface area contributed by atoms with Gasteiger partial charge in [0.25, 0.3) is 15.9 Å². The van der Waals surface area contributed by atoms with E-state index in [1.807, 2.05) is 48.0 Å². The fourth-order valence-corrected chi connectivity index (χ4v) is 5.84. The van der Waals surface area contributed by atoms with Gasteiger partial charge in [0.2, 0.25) is 0 Å². The first-order valence-corrected chi connectivity index (χ1v) is 15.2. The molecule has 0 radical (unpaired) electrons. The zero-order chi connectivity index (χ0) is 31.3. The monoisotopic (exact) mass is 623 g/mol.